The number of carbonyl (C=O) groups is 2. The number of hydrogen-bond acceptors (Lipinski definition) is 4. The summed E-state index contributed by atoms with van der Waals surface area (Å²) in [5, 5.41) is 11.5. The molecule has 20 heavy (non-hydrogen) atoms. The summed E-state index contributed by atoms with van der Waals surface area (Å²) in [4.78, 5) is 23.3. The van der Waals surface area contributed by atoms with Gasteiger partial charge in [-0.05, 0) is 31.0 Å². The molecular weight excluding hydrogens is 256 g/mol. The van der Waals surface area contributed by atoms with Crippen molar-refractivity contribution in [2.75, 3.05) is 6.61 Å². The Bertz CT molecular complexity index is 516. The summed E-state index contributed by atoms with van der Waals surface area (Å²) in [6, 6.07) is 8.21. The van der Waals surface area contributed by atoms with Gasteiger partial charge in [-0.15, -0.1) is 0 Å². The predicted molar refractivity (Wildman–Crippen MR) is 74.0 cm³/mol. The second-order valence-corrected chi connectivity index (χ2v) is 4.35. The zero-order valence-corrected chi connectivity index (χ0v) is 11.7. The first kappa shape index (κ1) is 15.7. The molecule has 1 amide bonds. The SMILES string of the molecule is CCC(CC)NC(=O)COC(=O)c1cccc(C#N)c1. The Morgan fingerprint density at radius 1 is 1.35 bits per heavy atom. The van der Waals surface area contributed by atoms with Crippen molar-refractivity contribution in [2.24, 2.45) is 0 Å². The quantitative estimate of drug-likeness (QED) is 0.805. The van der Waals surface area contributed by atoms with Crippen LogP contribution in [0.1, 0.15) is 42.6 Å². The molecule has 1 N–H and O–H groups in total. The molecule has 0 bridgehead atoms. The van der Waals surface area contributed by atoms with E-state index in [1.165, 1.54) is 6.07 Å². The Hall–Kier alpha value is -2.35. The Kier molecular flexibility index (Phi) is 6.24. The van der Waals surface area contributed by atoms with E-state index in [4.69, 9.17) is 10.00 Å². The highest BCUT2D eigenvalue weighted by Gasteiger charge is 2.12. The number of nitrogens with one attached hydrogen (secondary N) is 1. The molecule has 0 spiro atoms. The number of benzene rings is 1. The molecule has 0 aliphatic carbocycles. The van der Waals surface area contributed by atoms with Gasteiger partial charge in [0.15, 0.2) is 6.61 Å². The van der Waals surface area contributed by atoms with Gasteiger partial charge in [0.1, 0.15) is 0 Å². The third-order valence-electron chi connectivity index (χ3n) is 2.91. The number of esters is 1. The van der Waals surface area contributed by atoms with Crippen LogP contribution >= 0.6 is 0 Å². The first-order valence-corrected chi connectivity index (χ1v) is 6.57. The van der Waals surface area contributed by atoms with Gasteiger partial charge in [0.05, 0.1) is 17.2 Å². The van der Waals surface area contributed by atoms with E-state index in [1.807, 2.05) is 19.9 Å². The lowest BCUT2D eigenvalue weighted by Gasteiger charge is -2.14. The highest BCUT2D eigenvalue weighted by Crippen LogP contribution is 2.06. The van der Waals surface area contributed by atoms with Crippen molar-refractivity contribution in [3.05, 3.63) is 35.4 Å². The second-order valence-electron chi connectivity index (χ2n) is 4.35. The van der Waals surface area contributed by atoms with Gasteiger partial charge in [0.25, 0.3) is 5.91 Å². The molecule has 1 aromatic rings. The number of nitriles is 1. The lowest BCUT2D eigenvalue weighted by atomic mass is 10.1. The molecule has 0 radical (unpaired) electrons. The van der Waals surface area contributed by atoms with Gasteiger partial charge in [-0.3, -0.25) is 4.79 Å². The lowest BCUT2D eigenvalue weighted by molar-refractivity contribution is -0.125. The van der Waals surface area contributed by atoms with Crippen LogP contribution in [0.2, 0.25) is 0 Å². The third kappa shape index (κ3) is 4.73. The molecule has 0 atom stereocenters. The van der Waals surface area contributed by atoms with Crippen molar-refractivity contribution in [1.29, 1.82) is 5.26 Å². The Labute approximate surface area is 118 Å². The van der Waals surface area contributed by atoms with Gasteiger partial charge in [-0.25, -0.2) is 4.79 Å². The van der Waals surface area contributed by atoms with Crippen LogP contribution in [0.4, 0.5) is 0 Å². The number of rotatable bonds is 6. The van der Waals surface area contributed by atoms with Gasteiger partial charge >= 0.3 is 5.97 Å². The Morgan fingerprint density at radius 2 is 2.05 bits per heavy atom. The monoisotopic (exact) mass is 274 g/mol. The molecule has 1 rings (SSSR count). The highest BCUT2D eigenvalue weighted by molar-refractivity contribution is 5.91. The van der Waals surface area contributed by atoms with Gasteiger partial charge < -0.3 is 10.1 Å². The first-order valence-electron chi connectivity index (χ1n) is 6.57. The van der Waals surface area contributed by atoms with Crippen LogP contribution in [0, 0.1) is 11.3 Å². The van der Waals surface area contributed by atoms with Crippen LogP contribution in [0.5, 0.6) is 0 Å². The van der Waals surface area contributed by atoms with E-state index >= 15 is 0 Å². The van der Waals surface area contributed by atoms with Crippen LogP contribution in [-0.4, -0.2) is 24.5 Å². The van der Waals surface area contributed by atoms with E-state index in [0.29, 0.717) is 5.56 Å². The van der Waals surface area contributed by atoms with Crippen LogP contribution in [-0.2, 0) is 9.53 Å². The molecule has 1 aromatic carbocycles. The van der Waals surface area contributed by atoms with E-state index in [0.717, 1.165) is 12.8 Å². The molecule has 5 nitrogen and oxygen atoms in total. The van der Waals surface area contributed by atoms with Gasteiger partial charge in [0, 0.05) is 6.04 Å². The number of amides is 1. The van der Waals surface area contributed by atoms with Crippen molar-refractivity contribution in [3.8, 4) is 6.07 Å². The van der Waals surface area contributed by atoms with Crippen molar-refractivity contribution in [2.45, 2.75) is 32.7 Å². The van der Waals surface area contributed by atoms with Gasteiger partial charge in [0.2, 0.25) is 0 Å². The van der Waals surface area contributed by atoms with Gasteiger partial charge in [-0.1, -0.05) is 19.9 Å². The van der Waals surface area contributed by atoms with Crippen molar-refractivity contribution in [3.63, 3.8) is 0 Å². The average Bonchev–Trinajstić information content (AvgIpc) is 2.50. The first-order chi connectivity index (χ1) is 9.60. The minimum atomic E-state index is -0.609. The average molecular weight is 274 g/mol. The van der Waals surface area contributed by atoms with E-state index in [-0.39, 0.29) is 24.1 Å². The molecule has 0 unspecified atom stereocenters. The summed E-state index contributed by atoms with van der Waals surface area (Å²) in [6.45, 7) is 3.65. The van der Waals surface area contributed by atoms with E-state index in [1.54, 1.807) is 18.2 Å². The second kappa shape index (κ2) is 7.95. The minimum Gasteiger partial charge on any atom is -0.452 e. The van der Waals surface area contributed by atoms with E-state index in [2.05, 4.69) is 5.32 Å². The Morgan fingerprint density at radius 3 is 2.65 bits per heavy atom. The zero-order chi connectivity index (χ0) is 15.0. The fraction of sp³-hybridized carbons (Fsp3) is 0.400. The molecule has 0 aliphatic heterocycles. The molecule has 5 heteroatoms. The zero-order valence-electron chi connectivity index (χ0n) is 11.7. The largest absolute Gasteiger partial charge is 0.452 e. The van der Waals surface area contributed by atoms with Gasteiger partial charge in [-0.2, -0.15) is 5.26 Å². The molecular formula is C15H18N2O3. The summed E-state index contributed by atoms with van der Waals surface area (Å²) >= 11 is 0. The molecule has 0 saturated heterocycles. The molecule has 0 saturated carbocycles. The Balaban J connectivity index is 2.51. The smallest absolute Gasteiger partial charge is 0.338 e. The van der Waals surface area contributed by atoms with E-state index < -0.39 is 5.97 Å². The number of nitrogens with zero attached hydrogens (tertiary/aromatic N) is 1. The third-order valence-corrected chi connectivity index (χ3v) is 2.91. The van der Waals surface area contributed by atoms with Crippen molar-refractivity contribution in [1.82, 2.24) is 5.32 Å². The number of ether oxygens (including phenoxy) is 1. The number of hydrogen-bond donors (Lipinski definition) is 1. The normalized spacial score (nSPS) is 9.90. The summed E-state index contributed by atoms with van der Waals surface area (Å²) in [7, 11) is 0. The predicted octanol–water partition coefficient (Wildman–Crippen LogP) is 2.02. The summed E-state index contributed by atoms with van der Waals surface area (Å²) in [5.41, 5.74) is 0.639. The van der Waals surface area contributed by atoms with Crippen LogP contribution in [0.3, 0.4) is 0 Å². The fourth-order valence-electron chi connectivity index (χ4n) is 1.69. The molecule has 106 valence electrons. The lowest BCUT2D eigenvalue weighted by Crippen LogP contribution is -2.36. The maximum Gasteiger partial charge on any atom is 0.338 e. The number of carbonyl (C=O) groups excluding carboxylic acids is 2. The fourth-order valence-corrected chi connectivity index (χ4v) is 1.69. The van der Waals surface area contributed by atoms with Crippen LogP contribution in [0.15, 0.2) is 24.3 Å². The van der Waals surface area contributed by atoms with E-state index in [9.17, 15) is 9.59 Å². The maximum absolute atomic E-state index is 11.7. The molecule has 0 fully saturated rings. The topological polar surface area (TPSA) is 79.2 Å². The standard InChI is InChI=1S/C15H18N2O3/c1-3-13(4-2)17-14(18)10-20-15(19)12-7-5-6-11(8-12)9-16/h5-8,13H,3-4,10H2,1-2H3,(H,17,18). The van der Waals surface area contributed by atoms with Crippen molar-refractivity contribution >= 4 is 11.9 Å². The molecule has 0 aliphatic rings. The van der Waals surface area contributed by atoms with Crippen LogP contribution < -0.4 is 5.32 Å². The summed E-state index contributed by atoms with van der Waals surface area (Å²) in [5.74, 6) is -0.926. The maximum atomic E-state index is 11.7. The minimum absolute atomic E-state index is 0.100. The molecule has 0 aromatic heterocycles. The summed E-state index contributed by atoms with van der Waals surface area (Å²) in [6.07, 6.45) is 1.67. The summed E-state index contributed by atoms with van der Waals surface area (Å²) < 4.78 is 4.92. The molecule has 0 heterocycles. The van der Waals surface area contributed by atoms with Crippen LogP contribution in [0.25, 0.3) is 0 Å². The van der Waals surface area contributed by atoms with Crippen molar-refractivity contribution < 1.29 is 14.3 Å². The highest BCUT2D eigenvalue weighted by atomic mass is 16.5.